The van der Waals surface area contributed by atoms with Crippen LogP contribution in [0.4, 0.5) is 0 Å². The SMILES string of the molecule is CC(C)C1CCCC1Cl. The Morgan fingerprint density at radius 1 is 1.33 bits per heavy atom. The Bertz CT molecular complexity index is 88.6. The van der Waals surface area contributed by atoms with E-state index in [1.807, 2.05) is 0 Å². The molecule has 1 fully saturated rings. The Kier molecular flexibility index (Phi) is 2.40. The molecule has 0 aromatic carbocycles. The van der Waals surface area contributed by atoms with E-state index in [2.05, 4.69) is 13.8 Å². The minimum absolute atomic E-state index is 0.477. The van der Waals surface area contributed by atoms with Crippen molar-refractivity contribution in [2.24, 2.45) is 11.8 Å². The van der Waals surface area contributed by atoms with Gasteiger partial charge in [-0.3, -0.25) is 0 Å². The highest BCUT2D eigenvalue weighted by Gasteiger charge is 2.27. The summed E-state index contributed by atoms with van der Waals surface area (Å²) in [6.45, 7) is 4.54. The van der Waals surface area contributed by atoms with E-state index in [-0.39, 0.29) is 0 Å². The third-order valence-corrected chi connectivity index (χ3v) is 2.88. The van der Waals surface area contributed by atoms with Crippen molar-refractivity contribution >= 4 is 11.6 Å². The van der Waals surface area contributed by atoms with Crippen LogP contribution < -0.4 is 0 Å². The van der Waals surface area contributed by atoms with E-state index >= 15 is 0 Å². The average molecular weight is 147 g/mol. The molecule has 1 heteroatoms. The van der Waals surface area contributed by atoms with Gasteiger partial charge in [-0.05, 0) is 24.7 Å². The fraction of sp³-hybridized carbons (Fsp3) is 1.00. The molecule has 54 valence electrons. The highest BCUT2D eigenvalue weighted by Crippen LogP contribution is 2.34. The van der Waals surface area contributed by atoms with Crippen molar-refractivity contribution in [1.82, 2.24) is 0 Å². The van der Waals surface area contributed by atoms with E-state index in [9.17, 15) is 0 Å². The Hall–Kier alpha value is 0.290. The second kappa shape index (κ2) is 2.92. The molecule has 1 aliphatic carbocycles. The molecular formula is C8H15Cl. The largest absolute Gasteiger partial charge is 0.123 e. The molecule has 0 aromatic heterocycles. The fourth-order valence-electron chi connectivity index (χ4n) is 1.69. The zero-order valence-corrected chi connectivity index (χ0v) is 6.99. The normalized spacial score (nSPS) is 36.0. The van der Waals surface area contributed by atoms with Crippen molar-refractivity contribution in [1.29, 1.82) is 0 Å². The van der Waals surface area contributed by atoms with E-state index < -0.39 is 0 Å². The quantitative estimate of drug-likeness (QED) is 0.499. The van der Waals surface area contributed by atoms with Crippen molar-refractivity contribution < 1.29 is 0 Å². The van der Waals surface area contributed by atoms with Crippen LogP contribution in [0.2, 0.25) is 0 Å². The van der Waals surface area contributed by atoms with Crippen LogP contribution in [0.3, 0.4) is 0 Å². The lowest BCUT2D eigenvalue weighted by molar-refractivity contribution is 0.401. The second-order valence-corrected chi connectivity index (χ2v) is 3.92. The highest BCUT2D eigenvalue weighted by molar-refractivity contribution is 6.20. The van der Waals surface area contributed by atoms with E-state index in [0.717, 1.165) is 11.8 Å². The first-order valence-electron chi connectivity index (χ1n) is 3.86. The molecule has 0 nitrogen and oxygen atoms in total. The van der Waals surface area contributed by atoms with E-state index in [1.54, 1.807) is 0 Å². The van der Waals surface area contributed by atoms with Gasteiger partial charge in [0.2, 0.25) is 0 Å². The summed E-state index contributed by atoms with van der Waals surface area (Å²) in [5, 5.41) is 0.477. The lowest BCUT2D eigenvalue weighted by atomic mass is 9.94. The summed E-state index contributed by atoms with van der Waals surface area (Å²) in [7, 11) is 0. The number of hydrogen-bond acceptors (Lipinski definition) is 0. The topological polar surface area (TPSA) is 0 Å². The van der Waals surface area contributed by atoms with Gasteiger partial charge in [0.25, 0.3) is 0 Å². The third kappa shape index (κ3) is 1.61. The van der Waals surface area contributed by atoms with Gasteiger partial charge in [0.05, 0.1) is 0 Å². The zero-order chi connectivity index (χ0) is 6.85. The molecule has 0 aromatic rings. The van der Waals surface area contributed by atoms with Crippen molar-refractivity contribution in [3.63, 3.8) is 0 Å². The smallest absolute Gasteiger partial charge is 0.0366 e. The van der Waals surface area contributed by atoms with Crippen LogP contribution in [-0.4, -0.2) is 5.38 Å². The van der Waals surface area contributed by atoms with Gasteiger partial charge in [-0.1, -0.05) is 20.3 Å². The molecule has 1 aliphatic rings. The van der Waals surface area contributed by atoms with Gasteiger partial charge in [0.1, 0.15) is 0 Å². The molecule has 0 amide bonds. The van der Waals surface area contributed by atoms with Gasteiger partial charge >= 0.3 is 0 Å². The molecule has 0 bridgehead atoms. The molecule has 0 aliphatic heterocycles. The number of rotatable bonds is 1. The van der Waals surface area contributed by atoms with Crippen molar-refractivity contribution in [3.05, 3.63) is 0 Å². The molecule has 1 saturated carbocycles. The van der Waals surface area contributed by atoms with Gasteiger partial charge in [0, 0.05) is 5.38 Å². The Balaban J connectivity index is 2.40. The minimum Gasteiger partial charge on any atom is -0.123 e. The summed E-state index contributed by atoms with van der Waals surface area (Å²) in [5.74, 6) is 1.58. The molecule has 0 radical (unpaired) electrons. The van der Waals surface area contributed by atoms with E-state index in [0.29, 0.717) is 5.38 Å². The Morgan fingerprint density at radius 2 is 2.00 bits per heavy atom. The Morgan fingerprint density at radius 3 is 2.22 bits per heavy atom. The van der Waals surface area contributed by atoms with Crippen LogP contribution in [-0.2, 0) is 0 Å². The molecule has 0 heterocycles. The van der Waals surface area contributed by atoms with Crippen LogP contribution in [0.15, 0.2) is 0 Å². The van der Waals surface area contributed by atoms with E-state index in [1.165, 1.54) is 19.3 Å². The fourth-order valence-corrected chi connectivity index (χ4v) is 2.27. The van der Waals surface area contributed by atoms with Crippen LogP contribution in [0.5, 0.6) is 0 Å². The van der Waals surface area contributed by atoms with Crippen molar-refractivity contribution in [2.75, 3.05) is 0 Å². The zero-order valence-electron chi connectivity index (χ0n) is 6.23. The van der Waals surface area contributed by atoms with Crippen molar-refractivity contribution in [3.8, 4) is 0 Å². The molecule has 1 rings (SSSR count). The number of alkyl halides is 1. The lowest BCUT2D eigenvalue weighted by Gasteiger charge is -2.16. The van der Waals surface area contributed by atoms with E-state index in [4.69, 9.17) is 11.6 Å². The summed E-state index contributed by atoms with van der Waals surface area (Å²) >= 11 is 6.07. The van der Waals surface area contributed by atoms with Gasteiger partial charge in [-0.25, -0.2) is 0 Å². The van der Waals surface area contributed by atoms with Gasteiger partial charge < -0.3 is 0 Å². The van der Waals surface area contributed by atoms with Crippen molar-refractivity contribution in [2.45, 2.75) is 38.5 Å². The lowest BCUT2D eigenvalue weighted by Crippen LogP contribution is -2.13. The molecule has 0 spiro atoms. The minimum atomic E-state index is 0.477. The molecule has 2 atom stereocenters. The summed E-state index contributed by atoms with van der Waals surface area (Å²) in [5.41, 5.74) is 0. The monoisotopic (exact) mass is 146 g/mol. The molecule has 2 unspecified atom stereocenters. The predicted molar refractivity (Wildman–Crippen MR) is 41.8 cm³/mol. The maximum absolute atomic E-state index is 6.07. The van der Waals surface area contributed by atoms with Gasteiger partial charge in [-0.15, -0.1) is 11.6 Å². The van der Waals surface area contributed by atoms with Crippen LogP contribution in [0, 0.1) is 11.8 Å². The van der Waals surface area contributed by atoms with Gasteiger partial charge in [-0.2, -0.15) is 0 Å². The predicted octanol–water partition coefficient (Wildman–Crippen LogP) is 3.05. The average Bonchev–Trinajstić information content (AvgIpc) is 2.13. The second-order valence-electron chi connectivity index (χ2n) is 3.35. The maximum Gasteiger partial charge on any atom is 0.0366 e. The first kappa shape index (κ1) is 7.40. The summed E-state index contributed by atoms with van der Waals surface area (Å²) in [6, 6.07) is 0. The summed E-state index contributed by atoms with van der Waals surface area (Å²) in [6.07, 6.45) is 3.94. The van der Waals surface area contributed by atoms with Crippen LogP contribution in [0.25, 0.3) is 0 Å². The molecule has 0 saturated heterocycles. The Labute approximate surface area is 62.6 Å². The first-order valence-corrected chi connectivity index (χ1v) is 4.29. The van der Waals surface area contributed by atoms with Crippen LogP contribution in [0.1, 0.15) is 33.1 Å². The molecule has 0 N–H and O–H groups in total. The summed E-state index contributed by atoms with van der Waals surface area (Å²) in [4.78, 5) is 0. The van der Waals surface area contributed by atoms with Gasteiger partial charge in [0.15, 0.2) is 0 Å². The maximum atomic E-state index is 6.07. The highest BCUT2D eigenvalue weighted by atomic mass is 35.5. The van der Waals surface area contributed by atoms with Crippen LogP contribution >= 0.6 is 11.6 Å². The number of hydrogen-bond donors (Lipinski definition) is 0. The molecular weight excluding hydrogens is 132 g/mol. The standard InChI is InChI=1S/C8H15Cl/c1-6(2)7-4-3-5-8(7)9/h6-8H,3-5H2,1-2H3. The molecule has 9 heavy (non-hydrogen) atoms. The number of halogens is 1. The summed E-state index contributed by atoms with van der Waals surface area (Å²) < 4.78 is 0. The first-order chi connectivity index (χ1) is 4.22. The third-order valence-electron chi connectivity index (χ3n) is 2.34.